The SMILES string of the molecule is O=c1c(O)c(-c2ccc(O)c(O)c2)oc2cc(O)c([C@H]3O[C@H](CO)[C@@H](O)[C@H](O)[C@H]3O)c(O)c12. The molecule has 2 aromatic carbocycles. The van der Waals surface area contributed by atoms with Gasteiger partial charge in [0.25, 0.3) is 0 Å². The van der Waals surface area contributed by atoms with Crippen molar-refractivity contribution in [3.05, 3.63) is 40.1 Å². The van der Waals surface area contributed by atoms with Crippen molar-refractivity contribution in [2.75, 3.05) is 6.61 Å². The van der Waals surface area contributed by atoms with Crippen LogP contribution in [-0.2, 0) is 4.74 Å². The van der Waals surface area contributed by atoms with E-state index in [0.717, 1.165) is 18.2 Å². The highest BCUT2D eigenvalue weighted by Crippen LogP contribution is 2.45. The van der Waals surface area contributed by atoms with E-state index in [0.29, 0.717) is 0 Å². The minimum atomic E-state index is -1.86. The highest BCUT2D eigenvalue weighted by molar-refractivity contribution is 5.90. The number of phenols is 4. The number of aromatic hydroxyl groups is 5. The van der Waals surface area contributed by atoms with Crippen LogP contribution in [0.3, 0.4) is 0 Å². The molecule has 0 aliphatic carbocycles. The first-order valence-corrected chi connectivity index (χ1v) is 9.64. The molecule has 9 N–H and O–H groups in total. The Labute approximate surface area is 184 Å². The molecule has 1 aromatic heterocycles. The number of hydrogen-bond acceptors (Lipinski definition) is 12. The Morgan fingerprint density at radius 2 is 1.52 bits per heavy atom. The van der Waals surface area contributed by atoms with Crippen molar-refractivity contribution in [3.8, 4) is 40.1 Å². The Kier molecular flexibility index (Phi) is 5.56. The van der Waals surface area contributed by atoms with E-state index in [1.807, 2.05) is 0 Å². The Morgan fingerprint density at radius 1 is 0.818 bits per heavy atom. The summed E-state index contributed by atoms with van der Waals surface area (Å²) in [6.07, 6.45) is -8.39. The lowest BCUT2D eigenvalue weighted by atomic mass is 9.89. The van der Waals surface area contributed by atoms with Gasteiger partial charge >= 0.3 is 0 Å². The van der Waals surface area contributed by atoms with E-state index in [4.69, 9.17) is 9.15 Å². The van der Waals surface area contributed by atoms with Crippen LogP contribution < -0.4 is 5.43 Å². The van der Waals surface area contributed by atoms with Gasteiger partial charge in [-0.25, -0.2) is 0 Å². The van der Waals surface area contributed by atoms with Gasteiger partial charge in [-0.15, -0.1) is 0 Å². The van der Waals surface area contributed by atoms with Crippen LogP contribution in [0.5, 0.6) is 28.7 Å². The van der Waals surface area contributed by atoms with E-state index in [2.05, 4.69) is 0 Å². The van der Waals surface area contributed by atoms with Crippen molar-refractivity contribution in [2.45, 2.75) is 30.5 Å². The second kappa shape index (κ2) is 8.10. The molecule has 0 unspecified atom stereocenters. The lowest BCUT2D eigenvalue weighted by Crippen LogP contribution is -2.55. The second-order valence-electron chi connectivity index (χ2n) is 7.59. The molecule has 1 aliphatic heterocycles. The standard InChI is InChI=1S/C21H20O12/c22-5-11-14(26)17(29)19(31)21(33-11)12-9(25)4-10-13(15(12)27)16(28)18(30)20(32-10)6-1-2-7(23)8(24)3-6/h1-4,11,14,17,19,21-27,29-31H,5H2/t11-,14-,17+,19-,21-/m1/s1. The molecule has 2 heterocycles. The summed E-state index contributed by atoms with van der Waals surface area (Å²) < 4.78 is 10.8. The Bertz CT molecular complexity index is 1280. The first kappa shape index (κ1) is 22.6. The molecule has 1 fully saturated rings. The summed E-state index contributed by atoms with van der Waals surface area (Å²) in [7, 11) is 0. The molecule has 3 aromatic rings. The topological polar surface area (TPSA) is 222 Å². The summed E-state index contributed by atoms with van der Waals surface area (Å²) in [4.78, 5) is 12.9. The molecular formula is C21H20O12. The van der Waals surface area contributed by atoms with Crippen molar-refractivity contribution in [1.29, 1.82) is 0 Å². The van der Waals surface area contributed by atoms with E-state index in [1.54, 1.807) is 0 Å². The molecule has 0 amide bonds. The molecule has 0 saturated carbocycles. The van der Waals surface area contributed by atoms with E-state index in [1.165, 1.54) is 6.07 Å². The summed E-state index contributed by atoms with van der Waals surface area (Å²) in [6.45, 7) is -0.762. The molecule has 5 atom stereocenters. The molecule has 33 heavy (non-hydrogen) atoms. The van der Waals surface area contributed by atoms with Gasteiger partial charge in [-0.3, -0.25) is 4.79 Å². The maximum Gasteiger partial charge on any atom is 0.238 e. The fourth-order valence-electron chi connectivity index (χ4n) is 3.81. The van der Waals surface area contributed by atoms with Crippen LogP contribution in [0.15, 0.2) is 33.5 Å². The summed E-state index contributed by atoms with van der Waals surface area (Å²) in [5.74, 6) is -4.06. The molecular weight excluding hydrogens is 444 g/mol. The van der Waals surface area contributed by atoms with Crippen molar-refractivity contribution in [1.82, 2.24) is 0 Å². The van der Waals surface area contributed by atoms with Gasteiger partial charge in [0.2, 0.25) is 11.2 Å². The first-order chi connectivity index (χ1) is 15.6. The average molecular weight is 464 g/mol. The van der Waals surface area contributed by atoms with Gasteiger partial charge < -0.3 is 55.1 Å². The molecule has 12 nitrogen and oxygen atoms in total. The maximum atomic E-state index is 12.9. The molecule has 1 aliphatic rings. The third kappa shape index (κ3) is 3.50. The highest BCUT2D eigenvalue weighted by atomic mass is 16.5. The summed E-state index contributed by atoms with van der Waals surface area (Å²) in [5.41, 5.74) is -2.06. The third-order valence-corrected chi connectivity index (χ3v) is 5.57. The minimum Gasteiger partial charge on any atom is -0.507 e. The van der Waals surface area contributed by atoms with Crippen molar-refractivity contribution >= 4 is 11.0 Å². The number of aliphatic hydroxyl groups is 4. The lowest BCUT2D eigenvalue weighted by molar-refractivity contribution is -0.232. The van der Waals surface area contributed by atoms with Crippen LogP contribution in [0.25, 0.3) is 22.3 Å². The number of hydrogen-bond donors (Lipinski definition) is 9. The van der Waals surface area contributed by atoms with Crippen LogP contribution in [0.2, 0.25) is 0 Å². The summed E-state index contributed by atoms with van der Waals surface area (Å²) in [5, 5.41) is 89.9. The van der Waals surface area contributed by atoms with Gasteiger partial charge in [0.1, 0.15) is 53.0 Å². The molecule has 1 saturated heterocycles. The molecule has 0 spiro atoms. The van der Waals surface area contributed by atoms with E-state index in [-0.39, 0.29) is 11.1 Å². The number of benzene rings is 2. The van der Waals surface area contributed by atoms with Crippen LogP contribution in [0.4, 0.5) is 0 Å². The zero-order valence-corrected chi connectivity index (χ0v) is 16.7. The summed E-state index contributed by atoms with van der Waals surface area (Å²) in [6, 6.07) is 4.24. The van der Waals surface area contributed by atoms with Crippen LogP contribution in [0, 0.1) is 0 Å². The molecule has 0 bridgehead atoms. The average Bonchev–Trinajstić information content (AvgIpc) is 2.77. The maximum absolute atomic E-state index is 12.9. The quantitative estimate of drug-likeness (QED) is 0.224. The zero-order chi connectivity index (χ0) is 24.2. The van der Waals surface area contributed by atoms with Crippen LogP contribution in [-0.4, -0.2) is 77.0 Å². The predicted octanol–water partition coefficient (Wildman–Crippen LogP) is -0.497. The van der Waals surface area contributed by atoms with Gasteiger partial charge in [0.15, 0.2) is 17.3 Å². The highest BCUT2D eigenvalue weighted by Gasteiger charge is 2.46. The van der Waals surface area contributed by atoms with E-state index < -0.39 is 88.0 Å². The van der Waals surface area contributed by atoms with Gasteiger partial charge in [-0.05, 0) is 18.2 Å². The van der Waals surface area contributed by atoms with Gasteiger partial charge in [0.05, 0.1) is 12.2 Å². The number of rotatable bonds is 3. The largest absolute Gasteiger partial charge is 0.507 e. The van der Waals surface area contributed by atoms with Gasteiger partial charge in [-0.2, -0.15) is 0 Å². The third-order valence-electron chi connectivity index (χ3n) is 5.57. The van der Waals surface area contributed by atoms with Gasteiger partial charge in [-0.1, -0.05) is 0 Å². The Morgan fingerprint density at radius 3 is 2.15 bits per heavy atom. The molecule has 0 radical (unpaired) electrons. The van der Waals surface area contributed by atoms with Crippen LogP contribution >= 0.6 is 0 Å². The number of aliphatic hydroxyl groups excluding tert-OH is 4. The van der Waals surface area contributed by atoms with Crippen molar-refractivity contribution in [2.24, 2.45) is 0 Å². The lowest BCUT2D eigenvalue weighted by Gasteiger charge is -2.40. The smallest absolute Gasteiger partial charge is 0.238 e. The molecule has 176 valence electrons. The van der Waals surface area contributed by atoms with Crippen molar-refractivity contribution < 1.29 is 55.1 Å². The van der Waals surface area contributed by atoms with E-state index >= 15 is 0 Å². The Hall–Kier alpha value is -3.55. The fourth-order valence-corrected chi connectivity index (χ4v) is 3.81. The predicted molar refractivity (Wildman–Crippen MR) is 109 cm³/mol. The van der Waals surface area contributed by atoms with E-state index in [9.17, 15) is 50.8 Å². The first-order valence-electron chi connectivity index (χ1n) is 9.64. The molecule has 4 rings (SSSR count). The van der Waals surface area contributed by atoms with Crippen molar-refractivity contribution in [3.63, 3.8) is 0 Å². The second-order valence-corrected chi connectivity index (χ2v) is 7.59. The zero-order valence-electron chi connectivity index (χ0n) is 16.7. The monoisotopic (exact) mass is 464 g/mol. The minimum absolute atomic E-state index is 0.00112. The number of ether oxygens (including phenoxy) is 1. The number of phenolic OH excluding ortho intramolecular Hbond substituents is 4. The van der Waals surface area contributed by atoms with Crippen LogP contribution in [0.1, 0.15) is 11.7 Å². The summed E-state index contributed by atoms with van der Waals surface area (Å²) >= 11 is 0. The number of fused-ring (bicyclic) bond motifs is 1. The Balaban J connectivity index is 1.91. The fraction of sp³-hybridized carbons (Fsp3) is 0.286. The normalized spacial score (nSPS) is 25.4. The molecule has 12 heteroatoms. The van der Waals surface area contributed by atoms with Gasteiger partial charge in [0, 0.05) is 11.6 Å².